The minimum Gasteiger partial charge on any atom is -0.491 e. The first kappa shape index (κ1) is 21.3. The summed E-state index contributed by atoms with van der Waals surface area (Å²) in [5, 5.41) is 5.80. The number of hydrogen-bond acceptors (Lipinski definition) is 6. The minimum atomic E-state index is -3.55. The second kappa shape index (κ2) is 9.39. The number of hydrogen-bond donors (Lipinski definition) is 0. The number of rotatable bonds is 9. The number of benzene rings is 2. The van der Waals surface area contributed by atoms with Crippen LogP contribution in [-0.2, 0) is 14.3 Å². The van der Waals surface area contributed by atoms with Crippen LogP contribution in [0.25, 0.3) is 22.2 Å². The zero-order chi connectivity index (χ0) is 20.1. The van der Waals surface area contributed by atoms with E-state index in [1.54, 1.807) is 6.07 Å². The van der Waals surface area contributed by atoms with E-state index in [-0.39, 0.29) is 6.61 Å². The highest BCUT2D eigenvalue weighted by atomic mass is 79.9. The third kappa shape index (κ3) is 5.79. The van der Waals surface area contributed by atoms with Gasteiger partial charge in [-0.05, 0) is 37.1 Å². The lowest BCUT2D eigenvalue weighted by Crippen LogP contribution is -2.25. The standard InChI is InChI=1S/C19H19Br2NO5S/c1-28(23,24)27-16(3-2-10-20)12-25-15-8-9-17-18(11-15)26-22-19(17)13-4-6-14(21)7-5-13/h4-9,11,16H,2-3,10,12H2,1H3. The molecule has 1 unspecified atom stereocenters. The van der Waals surface area contributed by atoms with Crippen molar-refractivity contribution in [2.45, 2.75) is 18.9 Å². The summed E-state index contributed by atoms with van der Waals surface area (Å²) in [5.41, 5.74) is 2.30. The van der Waals surface area contributed by atoms with Crippen LogP contribution in [0.3, 0.4) is 0 Å². The summed E-state index contributed by atoms with van der Waals surface area (Å²) in [6.07, 6.45) is 1.84. The van der Waals surface area contributed by atoms with Gasteiger partial charge in [-0.1, -0.05) is 49.1 Å². The molecule has 3 rings (SSSR count). The van der Waals surface area contributed by atoms with E-state index in [4.69, 9.17) is 13.4 Å². The van der Waals surface area contributed by atoms with E-state index in [0.29, 0.717) is 17.8 Å². The molecule has 150 valence electrons. The highest BCUT2D eigenvalue weighted by Gasteiger charge is 2.17. The van der Waals surface area contributed by atoms with Crippen LogP contribution in [0, 0.1) is 0 Å². The number of halogens is 2. The average molecular weight is 533 g/mol. The van der Waals surface area contributed by atoms with Gasteiger partial charge in [0.2, 0.25) is 0 Å². The Hall–Kier alpha value is -1.42. The molecule has 0 radical (unpaired) electrons. The Morgan fingerprint density at radius 1 is 1.18 bits per heavy atom. The van der Waals surface area contributed by atoms with Gasteiger partial charge in [0.25, 0.3) is 10.1 Å². The molecule has 9 heteroatoms. The van der Waals surface area contributed by atoms with Crippen molar-refractivity contribution in [3.05, 3.63) is 46.9 Å². The van der Waals surface area contributed by atoms with Crippen LogP contribution in [0.4, 0.5) is 0 Å². The second-order valence-electron chi connectivity index (χ2n) is 6.26. The van der Waals surface area contributed by atoms with Crippen molar-refractivity contribution in [1.29, 1.82) is 0 Å². The summed E-state index contributed by atoms with van der Waals surface area (Å²) >= 11 is 6.76. The van der Waals surface area contributed by atoms with E-state index in [9.17, 15) is 8.42 Å². The van der Waals surface area contributed by atoms with Gasteiger partial charge in [0.1, 0.15) is 24.2 Å². The Bertz CT molecular complexity index is 1030. The van der Waals surface area contributed by atoms with E-state index in [1.165, 1.54) is 0 Å². The molecule has 0 bridgehead atoms. The fourth-order valence-corrected chi connectivity index (χ4v) is 3.96. The van der Waals surface area contributed by atoms with Crippen molar-refractivity contribution in [2.75, 3.05) is 18.2 Å². The molecular weight excluding hydrogens is 514 g/mol. The average Bonchev–Trinajstić information content (AvgIpc) is 3.07. The smallest absolute Gasteiger partial charge is 0.264 e. The number of alkyl halides is 1. The van der Waals surface area contributed by atoms with Crippen molar-refractivity contribution in [3.8, 4) is 17.0 Å². The van der Waals surface area contributed by atoms with E-state index in [2.05, 4.69) is 37.0 Å². The first-order valence-electron chi connectivity index (χ1n) is 8.58. The molecule has 0 saturated heterocycles. The molecule has 2 aromatic carbocycles. The number of ether oxygens (including phenoxy) is 1. The maximum absolute atomic E-state index is 11.4. The topological polar surface area (TPSA) is 78.6 Å². The summed E-state index contributed by atoms with van der Waals surface area (Å²) in [4.78, 5) is 0. The van der Waals surface area contributed by atoms with Crippen molar-refractivity contribution in [3.63, 3.8) is 0 Å². The molecule has 28 heavy (non-hydrogen) atoms. The van der Waals surface area contributed by atoms with Crippen molar-refractivity contribution in [2.24, 2.45) is 0 Å². The molecule has 1 aromatic heterocycles. The van der Waals surface area contributed by atoms with E-state index in [1.807, 2.05) is 36.4 Å². The quantitative estimate of drug-likeness (QED) is 0.280. The van der Waals surface area contributed by atoms with Gasteiger partial charge in [-0.15, -0.1) is 0 Å². The molecule has 0 spiro atoms. The molecule has 3 aromatic rings. The minimum absolute atomic E-state index is 0.124. The Labute approximate surface area is 180 Å². The molecule has 0 aliphatic carbocycles. The van der Waals surface area contributed by atoms with E-state index >= 15 is 0 Å². The van der Waals surface area contributed by atoms with Gasteiger partial charge in [0, 0.05) is 26.8 Å². The molecular formula is C19H19Br2NO5S. The van der Waals surface area contributed by atoms with Crippen LogP contribution >= 0.6 is 31.9 Å². The molecule has 0 aliphatic rings. The van der Waals surface area contributed by atoms with E-state index < -0.39 is 16.2 Å². The van der Waals surface area contributed by atoms with Gasteiger partial charge < -0.3 is 9.26 Å². The first-order chi connectivity index (χ1) is 13.4. The van der Waals surface area contributed by atoms with Crippen LogP contribution < -0.4 is 4.74 Å². The molecule has 1 atom stereocenters. The molecule has 0 amide bonds. The van der Waals surface area contributed by atoms with Gasteiger partial charge in [-0.25, -0.2) is 0 Å². The lowest BCUT2D eigenvalue weighted by atomic mass is 10.1. The van der Waals surface area contributed by atoms with Crippen LogP contribution in [0.5, 0.6) is 5.75 Å². The van der Waals surface area contributed by atoms with Gasteiger partial charge in [-0.3, -0.25) is 4.18 Å². The van der Waals surface area contributed by atoms with Gasteiger partial charge in [-0.2, -0.15) is 8.42 Å². The molecule has 0 saturated carbocycles. The van der Waals surface area contributed by atoms with Gasteiger partial charge >= 0.3 is 0 Å². The van der Waals surface area contributed by atoms with Gasteiger partial charge in [0.05, 0.1) is 6.26 Å². The lowest BCUT2D eigenvalue weighted by molar-refractivity contribution is 0.127. The second-order valence-corrected chi connectivity index (χ2v) is 9.57. The molecule has 1 heterocycles. The highest BCUT2D eigenvalue weighted by molar-refractivity contribution is 9.10. The Morgan fingerprint density at radius 2 is 1.93 bits per heavy atom. The summed E-state index contributed by atoms with van der Waals surface area (Å²) < 4.78 is 40.2. The third-order valence-electron chi connectivity index (χ3n) is 3.97. The zero-order valence-electron chi connectivity index (χ0n) is 15.1. The predicted octanol–water partition coefficient (Wildman–Crippen LogP) is 5.16. The molecule has 0 N–H and O–H groups in total. The zero-order valence-corrected chi connectivity index (χ0v) is 19.1. The van der Waals surface area contributed by atoms with Crippen LogP contribution in [0.2, 0.25) is 0 Å². The fraction of sp³-hybridized carbons (Fsp3) is 0.316. The Balaban J connectivity index is 1.74. The van der Waals surface area contributed by atoms with Crippen LogP contribution in [0.1, 0.15) is 12.8 Å². The molecule has 0 fully saturated rings. The first-order valence-corrected chi connectivity index (χ1v) is 12.3. The summed E-state index contributed by atoms with van der Waals surface area (Å²) in [6.45, 7) is 0.124. The Morgan fingerprint density at radius 3 is 2.61 bits per heavy atom. The Kier molecular flexibility index (Phi) is 7.14. The predicted molar refractivity (Wildman–Crippen MR) is 115 cm³/mol. The normalized spacial score (nSPS) is 13.0. The summed E-state index contributed by atoms with van der Waals surface area (Å²) in [7, 11) is -3.55. The maximum Gasteiger partial charge on any atom is 0.264 e. The highest BCUT2D eigenvalue weighted by Crippen LogP contribution is 2.31. The molecule has 0 aliphatic heterocycles. The monoisotopic (exact) mass is 531 g/mol. The van der Waals surface area contributed by atoms with Gasteiger partial charge in [0.15, 0.2) is 5.58 Å². The number of nitrogens with zero attached hydrogens (tertiary/aromatic N) is 1. The fourth-order valence-electron chi connectivity index (χ4n) is 2.72. The molecule has 6 nitrogen and oxygen atoms in total. The van der Waals surface area contributed by atoms with Crippen molar-refractivity contribution in [1.82, 2.24) is 5.16 Å². The number of aromatic nitrogens is 1. The van der Waals surface area contributed by atoms with Crippen LogP contribution in [-0.4, -0.2) is 37.9 Å². The third-order valence-corrected chi connectivity index (χ3v) is 5.68. The van der Waals surface area contributed by atoms with Crippen LogP contribution in [0.15, 0.2) is 51.5 Å². The summed E-state index contributed by atoms with van der Waals surface area (Å²) in [5.74, 6) is 0.562. The maximum atomic E-state index is 11.4. The number of fused-ring (bicyclic) bond motifs is 1. The SMILES string of the molecule is CS(=O)(=O)OC(CCCBr)COc1ccc2c(-c3ccc(Br)cc3)noc2c1. The van der Waals surface area contributed by atoms with E-state index in [0.717, 1.165) is 39.1 Å². The van der Waals surface area contributed by atoms with Crippen molar-refractivity contribution >= 4 is 52.9 Å². The van der Waals surface area contributed by atoms with Crippen molar-refractivity contribution < 1.29 is 21.9 Å². The largest absolute Gasteiger partial charge is 0.491 e. The lowest BCUT2D eigenvalue weighted by Gasteiger charge is -2.16. The summed E-state index contributed by atoms with van der Waals surface area (Å²) in [6, 6.07) is 13.2.